The van der Waals surface area contributed by atoms with E-state index in [9.17, 15) is 4.79 Å². The van der Waals surface area contributed by atoms with Crippen LogP contribution in [-0.2, 0) is 0 Å². The van der Waals surface area contributed by atoms with Gasteiger partial charge in [-0.2, -0.15) is 4.99 Å². The van der Waals surface area contributed by atoms with Gasteiger partial charge in [0.25, 0.3) is 5.91 Å². The Labute approximate surface area is 152 Å². The molecule has 0 spiro atoms. The highest BCUT2D eigenvalue weighted by Crippen LogP contribution is 2.24. The fourth-order valence-electron chi connectivity index (χ4n) is 2.32. The number of aromatic amines is 1. The summed E-state index contributed by atoms with van der Waals surface area (Å²) in [7, 11) is 0. The molecule has 0 atom stereocenters. The SMILES string of the molecule is CCN(CC)CCNC(N)=NC(=O)c1cc2c(Cl)cccc2[nH]1.Cl. The van der Waals surface area contributed by atoms with Crippen LogP contribution in [0.5, 0.6) is 0 Å². The Morgan fingerprint density at radius 1 is 1.38 bits per heavy atom. The van der Waals surface area contributed by atoms with E-state index in [0.29, 0.717) is 17.3 Å². The maximum atomic E-state index is 12.2. The molecule has 0 aliphatic rings. The third-order valence-corrected chi connectivity index (χ3v) is 4.02. The van der Waals surface area contributed by atoms with E-state index < -0.39 is 5.91 Å². The van der Waals surface area contributed by atoms with E-state index in [1.807, 2.05) is 12.1 Å². The smallest absolute Gasteiger partial charge is 0.296 e. The van der Waals surface area contributed by atoms with Crippen LogP contribution in [0.25, 0.3) is 10.9 Å². The number of aromatic nitrogens is 1. The van der Waals surface area contributed by atoms with Gasteiger partial charge in [-0.25, -0.2) is 0 Å². The Hall–Kier alpha value is -1.76. The van der Waals surface area contributed by atoms with Crippen molar-refractivity contribution in [2.24, 2.45) is 10.7 Å². The van der Waals surface area contributed by atoms with Gasteiger partial charge in [0, 0.05) is 29.0 Å². The Morgan fingerprint density at radius 2 is 2.08 bits per heavy atom. The zero-order valence-corrected chi connectivity index (χ0v) is 15.4. The highest BCUT2D eigenvalue weighted by atomic mass is 35.5. The quantitative estimate of drug-likeness (QED) is 0.538. The highest BCUT2D eigenvalue weighted by Gasteiger charge is 2.11. The molecule has 0 saturated heterocycles. The lowest BCUT2D eigenvalue weighted by molar-refractivity contribution is 0.0998. The van der Waals surface area contributed by atoms with E-state index in [4.69, 9.17) is 17.3 Å². The number of nitrogens with one attached hydrogen (secondary N) is 2. The number of amides is 1. The van der Waals surface area contributed by atoms with E-state index in [0.717, 1.165) is 30.5 Å². The van der Waals surface area contributed by atoms with E-state index in [-0.39, 0.29) is 18.4 Å². The minimum Gasteiger partial charge on any atom is -0.370 e. The zero-order valence-electron chi connectivity index (χ0n) is 13.8. The first-order valence-electron chi connectivity index (χ1n) is 7.67. The fraction of sp³-hybridized carbons (Fsp3) is 0.375. The summed E-state index contributed by atoms with van der Waals surface area (Å²) in [5.74, 6) is -0.308. The second-order valence-electron chi connectivity index (χ2n) is 5.14. The predicted octanol–water partition coefficient (Wildman–Crippen LogP) is 2.63. The molecule has 0 saturated carbocycles. The number of benzene rings is 1. The van der Waals surface area contributed by atoms with Gasteiger partial charge in [0.2, 0.25) is 0 Å². The molecule has 1 aromatic carbocycles. The molecule has 1 heterocycles. The normalized spacial score (nSPS) is 11.6. The molecule has 2 rings (SSSR count). The van der Waals surface area contributed by atoms with Crippen molar-refractivity contribution in [3.05, 3.63) is 35.0 Å². The lowest BCUT2D eigenvalue weighted by Gasteiger charge is -2.17. The van der Waals surface area contributed by atoms with Gasteiger partial charge in [0.05, 0.1) is 0 Å². The van der Waals surface area contributed by atoms with Crippen molar-refractivity contribution in [1.82, 2.24) is 15.2 Å². The summed E-state index contributed by atoms with van der Waals surface area (Å²) in [5.41, 5.74) is 6.92. The number of halogens is 2. The van der Waals surface area contributed by atoms with Gasteiger partial charge in [0.15, 0.2) is 5.96 Å². The molecule has 132 valence electrons. The van der Waals surface area contributed by atoms with E-state index >= 15 is 0 Å². The first-order chi connectivity index (χ1) is 11.0. The molecule has 4 N–H and O–H groups in total. The molecule has 2 aromatic rings. The van der Waals surface area contributed by atoms with Gasteiger partial charge in [-0.15, -0.1) is 12.4 Å². The molecule has 0 aliphatic carbocycles. The van der Waals surface area contributed by atoms with Gasteiger partial charge in [-0.05, 0) is 31.3 Å². The second-order valence-corrected chi connectivity index (χ2v) is 5.55. The van der Waals surface area contributed by atoms with E-state index in [1.54, 1.807) is 12.1 Å². The number of nitrogens with zero attached hydrogens (tertiary/aromatic N) is 2. The van der Waals surface area contributed by atoms with Gasteiger partial charge in [-0.1, -0.05) is 31.5 Å². The summed E-state index contributed by atoms with van der Waals surface area (Å²) in [6, 6.07) is 7.14. The van der Waals surface area contributed by atoms with Gasteiger partial charge in [0.1, 0.15) is 5.69 Å². The Morgan fingerprint density at radius 3 is 2.71 bits per heavy atom. The summed E-state index contributed by atoms with van der Waals surface area (Å²) in [6.45, 7) is 7.65. The molecule has 1 aromatic heterocycles. The molecule has 0 fully saturated rings. The summed E-state index contributed by atoms with van der Waals surface area (Å²) >= 11 is 6.10. The van der Waals surface area contributed by atoms with Crippen LogP contribution in [0, 0.1) is 0 Å². The fourth-order valence-corrected chi connectivity index (χ4v) is 2.55. The Balaban J connectivity index is 0.00000288. The minimum atomic E-state index is -0.426. The topological polar surface area (TPSA) is 86.5 Å². The largest absolute Gasteiger partial charge is 0.370 e. The molecule has 8 heteroatoms. The van der Waals surface area contributed by atoms with Gasteiger partial charge >= 0.3 is 0 Å². The summed E-state index contributed by atoms with van der Waals surface area (Å²) in [5, 5.41) is 4.34. The van der Waals surface area contributed by atoms with Crippen LogP contribution in [-0.4, -0.2) is 47.9 Å². The zero-order chi connectivity index (χ0) is 16.8. The number of aliphatic imine (C=N–C) groups is 1. The Bertz CT molecular complexity index is 710. The second kappa shape index (κ2) is 9.52. The number of fused-ring (bicyclic) bond motifs is 1. The molecule has 0 bridgehead atoms. The van der Waals surface area contributed by atoms with Crippen molar-refractivity contribution in [1.29, 1.82) is 0 Å². The molecule has 0 radical (unpaired) electrons. The number of guanidine groups is 1. The van der Waals surface area contributed by atoms with Crippen molar-refractivity contribution < 1.29 is 4.79 Å². The molecule has 0 aliphatic heterocycles. The maximum absolute atomic E-state index is 12.2. The number of H-pyrrole nitrogens is 1. The van der Waals surface area contributed by atoms with Crippen LogP contribution in [0.4, 0.5) is 0 Å². The number of rotatable bonds is 6. The van der Waals surface area contributed by atoms with E-state index in [1.165, 1.54) is 0 Å². The number of carbonyl (C=O) groups is 1. The summed E-state index contributed by atoms with van der Waals surface area (Å²) in [4.78, 5) is 21.3. The number of carbonyl (C=O) groups excluding carboxylic acids is 1. The number of nitrogens with two attached hydrogens (primary N) is 1. The first kappa shape index (κ1) is 20.3. The monoisotopic (exact) mass is 371 g/mol. The van der Waals surface area contributed by atoms with Crippen molar-refractivity contribution in [2.75, 3.05) is 26.2 Å². The van der Waals surface area contributed by atoms with Crippen LogP contribution in [0.15, 0.2) is 29.3 Å². The first-order valence-corrected chi connectivity index (χ1v) is 8.04. The molecule has 0 unspecified atom stereocenters. The lowest BCUT2D eigenvalue weighted by atomic mass is 10.2. The van der Waals surface area contributed by atoms with Crippen molar-refractivity contribution >= 4 is 46.8 Å². The summed E-state index contributed by atoms with van der Waals surface area (Å²) < 4.78 is 0. The third-order valence-electron chi connectivity index (χ3n) is 3.69. The average molecular weight is 372 g/mol. The van der Waals surface area contributed by atoms with Crippen LogP contribution in [0.3, 0.4) is 0 Å². The standard InChI is InChI=1S/C16H22ClN5O.ClH/c1-3-22(4-2)9-8-19-16(18)21-15(23)14-10-11-12(17)6-5-7-13(11)20-14;/h5-7,10,20H,3-4,8-9H2,1-2H3,(H3,18,19,21,23);1H. The van der Waals surface area contributed by atoms with Crippen LogP contribution < -0.4 is 11.1 Å². The van der Waals surface area contributed by atoms with Crippen LogP contribution >= 0.6 is 24.0 Å². The highest BCUT2D eigenvalue weighted by molar-refractivity contribution is 6.35. The van der Waals surface area contributed by atoms with Gasteiger partial charge in [-0.3, -0.25) is 4.79 Å². The number of hydrogen-bond donors (Lipinski definition) is 3. The molecule has 6 nitrogen and oxygen atoms in total. The van der Waals surface area contributed by atoms with Crippen molar-refractivity contribution in [3.8, 4) is 0 Å². The number of hydrogen-bond acceptors (Lipinski definition) is 2. The average Bonchev–Trinajstić information content (AvgIpc) is 2.97. The molecule has 24 heavy (non-hydrogen) atoms. The lowest BCUT2D eigenvalue weighted by Crippen LogP contribution is -2.38. The summed E-state index contributed by atoms with van der Waals surface area (Å²) in [6.07, 6.45) is 0. The van der Waals surface area contributed by atoms with Crippen molar-refractivity contribution in [3.63, 3.8) is 0 Å². The number of likely N-dealkylation sites (N-methyl/N-ethyl adjacent to an activating group) is 1. The predicted molar refractivity (Wildman–Crippen MR) is 102 cm³/mol. The molecule has 1 amide bonds. The molecular formula is C16H23Cl2N5O. The van der Waals surface area contributed by atoms with E-state index in [2.05, 4.69) is 34.0 Å². The van der Waals surface area contributed by atoms with Crippen molar-refractivity contribution in [2.45, 2.75) is 13.8 Å². The van der Waals surface area contributed by atoms with Crippen LogP contribution in [0.1, 0.15) is 24.3 Å². The maximum Gasteiger partial charge on any atom is 0.296 e. The third kappa shape index (κ3) is 5.12. The Kier molecular flexibility index (Phi) is 8.04. The molecular weight excluding hydrogens is 349 g/mol. The van der Waals surface area contributed by atoms with Crippen LogP contribution in [0.2, 0.25) is 5.02 Å². The minimum absolute atomic E-state index is 0. The van der Waals surface area contributed by atoms with Gasteiger partial charge < -0.3 is 20.9 Å².